The van der Waals surface area contributed by atoms with Gasteiger partial charge in [0, 0.05) is 23.7 Å². The summed E-state index contributed by atoms with van der Waals surface area (Å²) in [4.78, 5) is 25.3. The third-order valence-electron chi connectivity index (χ3n) is 4.40. The van der Waals surface area contributed by atoms with Gasteiger partial charge in [-0.25, -0.2) is 0 Å². The van der Waals surface area contributed by atoms with Gasteiger partial charge in [-0.1, -0.05) is 23.2 Å². The smallest absolute Gasteiger partial charge is 0.255 e. The summed E-state index contributed by atoms with van der Waals surface area (Å²) in [6, 6.07) is 9.54. The maximum atomic E-state index is 12.7. The molecule has 0 radical (unpaired) electrons. The number of benzene rings is 2. The first-order valence-electron chi connectivity index (χ1n) is 8.82. The van der Waals surface area contributed by atoms with E-state index in [4.69, 9.17) is 32.7 Å². The molecule has 0 spiro atoms. The molecule has 28 heavy (non-hydrogen) atoms. The summed E-state index contributed by atoms with van der Waals surface area (Å²) >= 11 is 12.3. The third-order valence-corrected chi connectivity index (χ3v) is 4.92. The summed E-state index contributed by atoms with van der Waals surface area (Å²) in [5, 5.41) is 6.00. The Morgan fingerprint density at radius 2 is 1.93 bits per heavy atom. The lowest BCUT2D eigenvalue weighted by Gasteiger charge is -2.15. The van der Waals surface area contributed by atoms with Crippen LogP contribution in [-0.4, -0.2) is 38.2 Å². The fraction of sp³-hybridized carbons (Fsp3) is 0.300. The Kier molecular flexibility index (Phi) is 6.78. The van der Waals surface area contributed by atoms with Crippen LogP contribution in [0, 0.1) is 0 Å². The Labute approximate surface area is 173 Å². The van der Waals surface area contributed by atoms with Gasteiger partial charge in [0.2, 0.25) is 0 Å². The second kappa shape index (κ2) is 9.28. The molecule has 1 atom stereocenters. The van der Waals surface area contributed by atoms with E-state index >= 15 is 0 Å². The quantitative estimate of drug-likeness (QED) is 0.732. The molecule has 0 bridgehead atoms. The lowest BCUT2D eigenvalue weighted by molar-refractivity contribution is 0.0858. The van der Waals surface area contributed by atoms with Crippen molar-refractivity contribution in [1.82, 2.24) is 5.32 Å². The fourth-order valence-corrected chi connectivity index (χ4v) is 3.46. The second-order valence-electron chi connectivity index (χ2n) is 6.34. The Morgan fingerprint density at radius 3 is 2.57 bits per heavy atom. The number of hydrogen-bond donors (Lipinski definition) is 2. The minimum atomic E-state index is -0.403. The van der Waals surface area contributed by atoms with Crippen molar-refractivity contribution in [2.24, 2.45) is 0 Å². The molecule has 2 amide bonds. The minimum Gasteiger partial charge on any atom is -0.497 e. The summed E-state index contributed by atoms with van der Waals surface area (Å²) in [5.74, 6) is -0.153. The van der Waals surface area contributed by atoms with Crippen molar-refractivity contribution < 1.29 is 19.1 Å². The van der Waals surface area contributed by atoms with Gasteiger partial charge in [-0.2, -0.15) is 0 Å². The summed E-state index contributed by atoms with van der Waals surface area (Å²) in [6.45, 7) is 1.08. The first kappa shape index (κ1) is 20.5. The van der Waals surface area contributed by atoms with Crippen LogP contribution in [0.3, 0.4) is 0 Å². The van der Waals surface area contributed by atoms with Crippen LogP contribution in [0.2, 0.25) is 10.0 Å². The molecular formula is C20H20Cl2N2O4. The molecule has 1 unspecified atom stereocenters. The van der Waals surface area contributed by atoms with Crippen LogP contribution in [0.15, 0.2) is 36.4 Å². The molecule has 0 aromatic heterocycles. The van der Waals surface area contributed by atoms with Gasteiger partial charge in [0.25, 0.3) is 11.8 Å². The van der Waals surface area contributed by atoms with E-state index in [-0.39, 0.29) is 28.3 Å². The number of methoxy groups -OCH3 is 1. The van der Waals surface area contributed by atoms with E-state index in [1.807, 2.05) is 0 Å². The molecule has 1 heterocycles. The van der Waals surface area contributed by atoms with Gasteiger partial charge >= 0.3 is 0 Å². The van der Waals surface area contributed by atoms with Gasteiger partial charge < -0.3 is 20.1 Å². The summed E-state index contributed by atoms with van der Waals surface area (Å²) in [5.41, 5.74) is 0.798. The van der Waals surface area contributed by atoms with Gasteiger partial charge in [-0.15, -0.1) is 0 Å². The van der Waals surface area contributed by atoms with Crippen molar-refractivity contribution in [3.05, 3.63) is 57.6 Å². The molecule has 148 valence electrons. The average Bonchev–Trinajstić information content (AvgIpc) is 3.21. The van der Waals surface area contributed by atoms with E-state index in [0.717, 1.165) is 12.8 Å². The van der Waals surface area contributed by atoms with Crippen molar-refractivity contribution >= 4 is 40.7 Å². The summed E-state index contributed by atoms with van der Waals surface area (Å²) in [7, 11) is 1.55. The highest BCUT2D eigenvalue weighted by Gasteiger charge is 2.21. The van der Waals surface area contributed by atoms with Gasteiger partial charge in [0.1, 0.15) is 5.75 Å². The average molecular weight is 423 g/mol. The van der Waals surface area contributed by atoms with E-state index in [0.29, 0.717) is 29.5 Å². The number of carbonyl (C=O) groups is 2. The molecular weight excluding hydrogens is 403 g/mol. The number of rotatable bonds is 6. The number of halogens is 2. The predicted molar refractivity (Wildman–Crippen MR) is 109 cm³/mol. The Bertz CT molecular complexity index is 865. The number of hydrogen-bond acceptors (Lipinski definition) is 4. The van der Waals surface area contributed by atoms with Gasteiger partial charge in [-0.3, -0.25) is 9.59 Å². The molecule has 1 aliphatic rings. The number of nitrogens with one attached hydrogen (secondary N) is 2. The number of anilines is 1. The highest BCUT2D eigenvalue weighted by atomic mass is 35.5. The van der Waals surface area contributed by atoms with Crippen LogP contribution in [0.25, 0.3) is 0 Å². The number of ether oxygens (including phenoxy) is 2. The standard InChI is InChI=1S/C20H20Cl2N2O4/c1-27-14-6-4-12(5-7-14)19(25)24-18-16(9-13(21)10-17(18)22)20(26)23-11-15-3-2-8-28-15/h4-7,9-10,15H,2-3,8,11H2,1H3,(H,23,26)(H,24,25). The van der Waals surface area contributed by atoms with Crippen molar-refractivity contribution in [2.45, 2.75) is 18.9 Å². The van der Waals surface area contributed by atoms with E-state index in [9.17, 15) is 9.59 Å². The van der Waals surface area contributed by atoms with Crippen LogP contribution in [0.4, 0.5) is 5.69 Å². The zero-order chi connectivity index (χ0) is 20.1. The van der Waals surface area contributed by atoms with Crippen LogP contribution in [0.5, 0.6) is 5.75 Å². The molecule has 2 N–H and O–H groups in total. The molecule has 0 saturated carbocycles. The first-order chi connectivity index (χ1) is 13.5. The Morgan fingerprint density at radius 1 is 1.18 bits per heavy atom. The molecule has 2 aromatic carbocycles. The molecule has 2 aromatic rings. The highest BCUT2D eigenvalue weighted by molar-refractivity contribution is 6.38. The van der Waals surface area contributed by atoms with Crippen molar-refractivity contribution in [3.63, 3.8) is 0 Å². The molecule has 0 aliphatic carbocycles. The van der Waals surface area contributed by atoms with Gasteiger partial charge in [0.05, 0.1) is 29.5 Å². The molecule has 1 saturated heterocycles. The fourth-order valence-electron chi connectivity index (χ4n) is 2.91. The second-order valence-corrected chi connectivity index (χ2v) is 7.18. The van der Waals surface area contributed by atoms with Crippen LogP contribution < -0.4 is 15.4 Å². The lowest BCUT2D eigenvalue weighted by atomic mass is 10.1. The first-order valence-corrected chi connectivity index (χ1v) is 9.58. The van der Waals surface area contributed by atoms with E-state index in [2.05, 4.69) is 10.6 Å². The maximum absolute atomic E-state index is 12.7. The largest absolute Gasteiger partial charge is 0.497 e. The summed E-state index contributed by atoms with van der Waals surface area (Å²) in [6.07, 6.45) is 1.88. The molecule has 6 nitrogen and oxygen atoms in total. The monoisotopic (exact) mass is 422 g/mol. The van der Waals surface area contributed by atoms with Gasteiger partial charge in [-0.05, 0) is 49.2 Å². The van der Waals surface area contributed by atoms with Crippen molar-refractivity contribution in [3.8, 4) is 5.75 Å². The zero-order valence-corrected chi connectivity index (χ0v) is 16.8. The van der Waals surface area contributed by atoms with E-state index in [1.54, 1.807) is 31.4 Å². The number of amides is 2. The molecule has 1 fully saturated rings. The van der Waals surface area contributed by atoms with Crippen LogP contribution >= 0.6 is 23.2 Å². The molecule has 1 aliphatic heterocycles. The van der Waals surface area contributed by atoms with Crippen LogP contribution in [0.1, 0.15) is 33.6 Å². The normalized spacial score (nSPS) is 15.9. The van der Waals surface area contributed by atoms with E-state index < -0.39 is 5.91 Å². The third kappa shape index (κ3) is 4.95. The SMILES string of the molecule is COc1ccc(C(=O)Nc2c(Cl)cc(Cl)cc2C(=O)NCC2CCCO2)cc1. The lowest BCUT2D eigenvalue weighted by Crippen LogP contribution is -2.32. The Hall–Kier alpha value is -2.28. The molecule has 3 rings (SSSR count). The van der Waals surface area contributed by atoms with Crippen molar-refractivity contribution in [1.29, 1.82) is 0 Å². The van der Waals surface area contributed by atoms with Crippen LogP contribution in [-0.2, 0) is 4.74 Å². The molecule has 8 heteroatoms. The zero-order valence-electron chi connectivity index (χ0n) is 15.3. The van der Waals surface area contributed by atoms with Gasteiger partial charge in [0.15, 0.2) is 0 Å². The topological polar surface area (TPSA) is 76.7 Å². The van der Waals surface area contributed by atoms with E-state index in [1.165, 1.54) is 12.1 Å². The maximum Gasteiger partial charge on any atom is 0.255 e. The Balaban J connectivity index is 1.78. The minimum absolute atomic E-state index is 0.00375. The summed E-state index contributed by atoms with van der Waals surface area (Å²) < 4.78 is 10.6. The number of carbonyl (C=O) groups excluding carboxylic acids is 2. The van der Waals surface area contributed by atoms with Crippen molar-refractivity contribution in [2.75, 3.05) is 25.6 Å². The predicted octanol–water partition coefficient (Wildman–Crippen LogP) is 4.16. The highest BCUT2D eigenvalue weighted by Crippen LogP contribution is 2.31.